The van der Waals surface area contributed by atoms with Crippen LogP contribution in [0.4, 0.5) is 22.0 Å². The molecule has 0 atom stereocenters. The molecule has 7 heteroatoms. The Hall–Kier alpha value is -1.17. The number of carbonyl (C=O) groups excluding carboxylic acids is 1. The topological polar surface area (TPSA) is 17.1 Å². The van der Waals surface area contributed by atoms with Crippen LogP contribution in [-0.2, 0) is 11.2 Å². The molecule has 0 aromatic heterocycles. The van der Waals surface area contributed by atoms with E-state index in [1.54, 1.807) is 0 Å². The fourth-order valence-corrected chi connectivity index (χ4v) is 1.19. The molecule has 88 valence electrons. The van der Waals surface area contributed by atoms with E-state index >= 15 is 0 Å². The van der Waals surface area contributed by atoms with Gasteiger partial charge in [-0.15, -0.1) is 0 Å². The summed E-state index contributed by atoms with van der Waals surface area (Å²) < 4.78 is 60.9. The lowest BCUT2D eigenvalue weighted by molar-refractivity contribution is -0.170. The van der Waals surface area contributed by atoms with E-state index in [0.29, 0.717) is 12.1 Å². The van der Waals surface area contributed by atoms with E-state index in [1.807, 2.05) is 0 Å². The van der Waals surface area contributed by atoms with Crippen molar-refractivity contribution in [1.82, 2.24) is 0 Å². The summed E-state index contributed by atoms with van der Waals surface area (Å²) >= 11 is 5.37. The highest BCUT2D eigenvalue weighted by molar-refractivity contribution is 6.31. The zero-order chi connectivity index (χ0) is 12.5. The minimum Gasteiger partial charge on any atom is -0.289 e. The molecule has 0 fully saturated rings. The number of benzene rings is 1. The highest BCUT2D eigenvalue weighted by Gasteiger charge is 2.38. The summed E-state index contributed by atoms with van der Waals surface area (Å²) in [5.41, 5.74) is -0.400. The van der Waals surface area contributed by atoms with Gasteiger partial charge in [0.1, 0.15) is 0 Å². The van der Waals surface area contributed by atoms with Gasteiger partial charge in [-0.1, -0.05) is 11.6 Å². The SMILES string of the molecule is O=C(Cc1cc(F)c(F)cc1Cl)C(F)(F)F. The van der Waals surface area contributed by atoms with E-state index in [4.69, 9.17) is 11.6 Å². The molecule has 0 radical (unpaired) electrons. The van der Waals surface area contributed by atoms with Gasteiger partial charge in [0.25, 0.3) is 0 Å². The second kappa shape index (κ2) is 4.37. The first-order valence-corrected chi connectivity index (χ1v) is 4.33. The fraction of sp³-hybridized carbons (Fsp3) is 0.222. The van der Waals surface area contributed by atoms with Crippen molar-refractivity contribution in [2.75, 3.05) is 0 Å². The van der Waals surface area contributed by atoms with E-state index in [0.717, 1.165) is 0 Å². The molecular formula is C9H4ClF5O. The Kier molecular flexibility index (Phi) is 3.52. The standard InChI is InChI=1S/C9H4ClF5O/c10-5-3-7(12)6(11)1-4(5)2-8(16)9(13,14)15/h1,3H,2H2. The molecule has 16 heavy (non-hydrogen) atoms. The van der Waals surface area contributed by atoms with Crippen LogP contribution >= 0.6 is 11.6 Å². The molecule has 0 aliphatic rings. The largest absolute Gasteiger partial charge is 0.450 e. The molecule has 0 aliphatic carbocycles. The Balaban J connectivity index is 2.99. The Morgan fingerprint density at radius 1 is 1.19 bits per heavy atom. The van der Waals surface area contributed by atoms with Crippen molar-refractivity contribution in [3.8, 4) is 0 Å². The van der Waals surface area contributed by atoms with Crippen molar-refractivity contribution in [3.05, 3.63) is 34.4 Å². The van der Waals surface area contributed by atoms with Crippen LogP contribution < -0.4 is 0 Å². The van der Waals surface area contributed by atoms with Crippen LogP contribution in [0.2, 0.25) is 5.02 Å². The number of ketones is 1. The summed E-state index contributed by atoms with van der Waals surface area (Å²) in [4.78, 5) is 10.6. The van der Waals surface area contributed by atoms with Crippen LogP contribution in [0.25, 0.3) is 0 Å². The first-order chi connectivity index (χ1) is 7.21. The fourth-order valence-electron chi connectivity index (χ4n) is 0.972. The molecule has 0 saturated carbocycles. The molecule has 1 rings (SSSR count). The lowest BCUT2D eigenvalue weighted by Crippen LogP contribution is -2.24. The van der Waals surface area contributed by atoms with Crippen LogP contribution in [-0.4, -0.2) is 12.0 Å². The average Bonchev–Trinajstić information content (AvgIpc) is 2.12. The van der Waals surface area contributed by atoms with E-state index in [9.17, 15) is 26.7 Å². The Morgan fingerprint density at radius 2 is 1.69 bits per heavy atom. The van der Waals surface area contributed by atoms with Gasteiger partial charge in [-0.25, -0.2) is 8.78 Å². The summed E-state index contributed by atoms with van der Waals surface area (Å²) in [5, 5.41) is -0.420. The monoisotopic (exact) mass is 258 g/mol. The van der Waals surface area contributed by atoms with Crippen molar-refractivity contribution in [3.63, 3.8) is 0 Å². The number of rotatable bonds is 2. The molecule has 1 aromatic rings. The maximum atomic E-state index is 12.7. The van der Waals surface area contributed by atoms with Crippen molar-refractivity contribution >= 4 is 17.4 Å². The smallest absolute Gasteiger partial charge is 0.289 e. The van der Waals surface area contributed by atoms with Gasteiger partial charge in [0, 0.05) is 11.4 Å². The van der Waals surface area contributed by atoms with Crippen molar-refractivity contribution < 1.29 is 26.7 Å². The Bertz CT molecular complexity index is 427. The quantitative estimate of drug-likeness (QED) is 0.588. The van der Waals surface area contributed by atoms with Crippen LogP contribution in [0, 0.1) is 11.6 Å². The Labute approximate surface area is 91.8 Å². The lowest BCUT2D eigenvalue weighted by atomic mass is 10.1. The number of Topliss-reactive ketones (excluding diaryl/α,β-unsaturated/α-hetero) is 1. The number of halogens is 6. The minimum atomic E-state index is -5.02. The third kappa shape index (κ3) is 2.91. The number of carbonyl (C=O) groups is 1. The van der Waals surface area contributed by atoms with Gasteiger partial charge in [0.15, 0.2) is 11.6 Å². The summed E-state index contributed by atoms with van der Waals surface area (Å²) in [6.45, 7) is 0. The molecule has 1 nitrogen and oxygen atoms in total. The van der Waals surface area contributed by atoms with Gasteiger partial charge in [-0.2, -0.15) is 13.2 Å². The number of alkyl halides is 3. The third-order valence-corrected chi connectivity index (χ3v) is 2.11. The molecule has 0 heterocycles. The van der Waals surface area contributed by atoms with E-state index in [1.165, 1.54) is 0 Å². The molecule has 0 unspecified atom stereocenters. The van der Waals surface area contributed by atoms with Gasteiger partial charge in [-0.3, -0.25) is 4.79 Å². The highest BCUT2D eigenvalue weighted by Crippen LogP contribution is 2.24. The van der Waals surface area contributed by atoms with Gasteiger partial charge in [0.05, 0.1) is 0 Å². The number of hydrogen-bond acceptors (Lipinski definition) is 1. The average molecular weight is 259 g/mol. The predicted molar refractivity (Wildman–Crippen MR) is 46.1 cm³/mol. The summed E-state index contributed by atoms with van der Waals surface area (Å²) in [7, 11) is 0. The Morgan fingerprint density at radius 3 is 2.19 bits per heavy atom. The van der Waals surface area contributed by atoms with E-state index in [2.05, 4.69) is 0 Å². The zero-order valence-corrected chi connectivity index (χ0v) is 8.29. The molecular weight excluding hydrogens is 255 g/mol. The number of hydrogen-bond donors (Lipinski definition) is 0. The molecule has 0 spiro atoms. The van der Waals surface area contributed by atoms with Crippen LogP contribution in [0.5, 0.6) is 0 Å². The third-order valence-electron chi connectivity index (χ3n) is 1.76. The highest BCUT2D eigenvalue weighted by atomic mass is 35.5. The first-order valence-electron chi connectivity index (χ1n) is 3.95. The van der Waals surface area contributed by atoms with E-state index in [-0.39, 0.29) is 0 Å². The summed E-state index contributed by atoms with van der Waals surface area (Å²) in [5.74, 6) is -4.71. The second-order valence-corrected chi connectivity index (χ2v) is 3.36. The summed E-state index contributed by atoms with van der Waals surface area (Å²) in [6, 6.07) is 0.997. The summed E-state index contributed by atoms with van der Waals surface area (Å²) in [6.07, 6.45) is -6.13. The van der Waals surface area contributed by atoms with Gasteiger partial charge >= 0.3 is 6.18 Å². The zero-order valence-electron chi connectivity index (χ0n) is 7.54. The maximum Gasteiger partial charge on any atom is 0.450 e. The minimum absolute atomic E-state index is 0.400. The lowest BCUT2D eigenvalue weighted by Gasteiger charge is -2.07. The molecule has 0 N–H and O–H groups in total. The van der Waals surface area contributed by atoms with Crippen molar-refractivity contribution in [2.45, 2.75) is 12.6 Å². The molecule has 0 aliphatic heterocycles. The molecule has 0 bridgehead atoms. The van der Waals surface area contributed by atoms with Crippen molar-refractivity contribution in [2.24, 2.45) is 0 Å². The van der Waals surface area contributed by atoms with Crippen LogP contribution in [0.1, 0.15) is 5.56 Å². The van der Waals surface area contributed by atoms with E-state index < -0.39 is 40.6 Å². The van der Waals surface area contributed by atoms with Crippen LogP contribution in [0.15, 0.2) is 12.1 Å². The second-order valence-electron chi connectivity index (χ2n) is 2.96. The molecule has 0 saturated heterocycles. The molecule has 0 amide bonds. The van der Waals surface area contributed by atoms with Crippen molar-refractivity contribution in [1.29, 1.82) is 0 Å². The van der Waals surface area contributed by atoms with Gasteiger partial charge in [-0.05, 0) is 17.7 Å². The molecule has 1 aromatic carbocycles. The first kappa shape index (κ1) is 12.9. The predicted octanol–water partition coefficient (Wildman–Crippen LogP) is 3.29. The normalized spacial score (nSPS) is 11.6. The van der Waals surface area contributed by atoms with Gasteiger partial charge in [0.2, 0.25) is 5.78 Å². The van der Waals surface area contributed by atoms with Gasteiger partial charge < -0.3 is 0 Å². The maximum absolute atomic E-state index is 12.7. The van der Waals surface area contributed by atoms with Crippen LogP contribution in [0.3, 0.4) is 0 Å².